The summed E-state index contributed by atoms with van der Waals surface area (Å²) in [6.45, 7) is 0. The first kappa shape index (κ1) is 25.0. The molecule has 4 fully saturated rings. The van der Waals surface area contributed by atoms with E-state index in [0.717, 1.165) is 73.9 Å². The van der Waals surface area contributed by atoms with Gasteiger partial charge in [0.05, 0.1) is 11.4 Å². The minimum Gasteiger partial charge on any atom is -0.443 e. The molecule has 0 amide bonds. The van der Waals surface area contributed by atoms with Gasteiger partial charge in [-0.15, -0.1) is 0 Å². The fourth-order valence-electron chi connectivity index (χ4n) is 8.86. The van der Waals surface area contributed by atoms with Crippen LogP contribution in [0.3, 0.4) is 0 Å². The van der Waals surface area contributed by atoms with E-state index in [0.29, 0.717) is 5.41 Å². The molecule has 2 aromatic heterocycles. The first-order chi connectivity index (χ1) is 21.2. The minimum atomic E-state index is 0.392. The molecule has 0 atom stereocenters. The van der Waals surface area contributed by atoms with Gasteiger partial charge in [0, 0.05) is 22.3 Å². The average molecular weight is 560 g/mol. The van der Waals surface area contributed by atoms with Crippen LogP contribution in [0.4, 0.5) is 0 Å². The van der Waals surface area contributed by atoms with Gasteiger partial charge >= 0.3 is 0 Å². The lowest BCUT2D eigenvalue weighted by Gasteiger charge is -2.57. The molecule has 0 unspecified atom stereocenters. The van der Waals surface area contributed by atoms with Crippen molar-refractivity contribution in [2.75, 3.05) is 0 Å². The number of benzene rings is 4. The Labute approximate surface area is 251 Å². The summed E-state index contributed by atoms with van der Waals surface area (Å²) in [6, 6.07) is 36.4. The van der Waals surface area contributed by atoms with Crippen LogP contribution < -0.4 is 0 Å². The second-order valence-electron chi connectivity index (χ2n) is 13.2. The molecule has 6 aromatic rings. The molecule has 0 spiro atoms. The number of hydrogen-bond donors (Lipinski definition) is 0. The third-order valence-electron chi connectivity index (χ3n) is 10.4. The molecular formula is C39H33N3O. The third kappa shape index (κ3) is 4.31. The largest absolute Gasteiger partial charge is 0.443 e. The summed E-state index contributed by atoms with van der Waals surface area (Å²) < 4.78 is 5.52. The van der Waals surface area contributed by atoms with Gasteiger partial charge in [0.25, 0.3) is 0 Å². The molecule has 4 nitrogen and oxygen atoms in total. The van der Waals surface area contributed by atoms with Crippen LogP contribution in [0.5, 0.6) is 0 Å². The van der Waals surface area contributed by atoms with Gasteiger partial charge in [-0.3, -0.25) is 0 Å². The zero-order valence-corrected chi connectivity index (χ0v) is 24.1. The third-order valence-corrected chi connectivity index (χ3v) is 10.4. The Bertz CT molecular complexity index is 1900. The molecule has 0 aliphatic heterocycles. The van der Waals surface area contributed by atoms with E-state index in [9.17, 15) is 0 Å². The van der Waals surface area contributed by atoms with E-state index >= 15 is 0 Å². The van der Waals surface area contributed by atoms with E-state index in [2.05, 4.69) is 89.9 Å². The SMILES string of the molecule is c1ccc(-c2cc(-c3ccc(-c4cccc5ocnc45)cc3)nc(-c3ccc(C45CC6CC(CC(C6)C4)C5)cc3)n2)cc1. The number of para-hydroxylation sites is 1. The Morgan fingerprint density at radius 3 is 1.86 bits per heavy atom. The molecule has 4 bridgehead atoms. The molecule has 4 aliphatic rings. The minimum absolute atomic E-state index is 0.392. The van der Waals surface area contributed by atoms with E-state index in [-0.39, 0.29) is 0 Å². The topological polar surface area (TPSA) is 51.8 Å². The van der Waals surface area contributed by atoms with E-state index < -0.39 is 0 Å². The summed E-state index contributed by atoms with van der Waals surface area (Å²) in [6.07, 6.45) is 10.0. The van der Waals surface area contributed by atoms with Crippen molar-refractivity contribution in [1.29, 1.82) is 0 Å². The van der Waals surface area contributed by atoms with Crippen LogP contribution in [0.2, 0.25) is 0 Å². The van der Waals surface area contributed by atoms with Crippen LogP contribution in [0.15, 0.2) is 114 Å². The summed E-state index contributed by atoms with van der Waals surface area (Å²) >= 11 is 0. The van der Waals surface area contributed by atoms with Gasteiger partial charge in [0.1, 0.15) is 5.52 Å². The van der Waals surface area contributed by atoms with Gasteiger partial charge < -0.3 is 4.42 Å². The van der Waals surface area contributed by atoms with Gasteiger partial charge in [0.15, 0.2) is 17.8 Å². The van der Waals surface area contributed by atoms with Crippen molar-refractivity contribution < 1.29 is 4.42 Å². The highest BCUT2D eigenvalue weighted by atomic mass is 16.3. The van der Waals surface area contributed by atoms with E-state index in [1.807, 2.05) is 18.2 Å². The van der Waals surface area contributed by atoms with Gasteiger partial charge in [-0.05, 0) is 85.0 Å². The molecule has 4 aliphatic carbocycles. The Morgan fingerprint density at radius 1 is 0.581 bits per heavy atom. The fourth-order valence-corrected chi connectivity index (χ4v) is 8.86. The number of hydrogen-bond acceptors (Lipinski definition) is 4. The summed E-state index contributed by atoms with van der Waals surface area (Å²) in [7, 11) is 0. The van der Waals surface area contributed by atoms with Crippen molar-refractivity contribution in [3.05, 3.63) is 115 Å². The Kier molecular flexibility index (Phi) is 5.65. The number of nitrogens with zero attached hydrogens (tertiary/aromatic N) is 3. The van der Waals surface area contributed by atoms with Crippen molar-refractivity contribution >= 4 is 11.1 Å². The molecular weight excluding hydrogens is 526 g/mol. The van der Waals surface area contributed by atoms with Crippen molar-refractivity contribution in [3.8, 4) is 45.0 Å². The lowest BCUT2D eigenvalue weighted by atomic mass is 9.48. The van der Waals surface area contributed by atoms with Gasteiger partial charge in [-0.2, -0.15) is 0 Å². The maximum Gasteiger partial charge on any atom is 0.182 e. The highest BCUT2D eigenvalue weighted by Crippen LogP contribution is 2.60. The van der Waals surface area contributed by atoms with Crippen molar-refractivity contribution in [2.45, 2.75) is 43.9 Å². The molecule has 0 saturated heterocycles. The Hall–Kier alpha value is -4.57. The van der Waals surface area contributed by atoms with Crippen LogP contribution in [0, 0.1) is 17.8 Å². The zero-order valence-electron chi connectivity index (χ0n) is 24.1. The van der Waals surface area contributed by atoms with Gasteiger partial charge in [-0.1, -0.05) is 91.0 Å². The molecule has 4 saturated carbocycles. The average Bonchev–Trinajstić information content (AvgIpc) is 3.54. The molecule has 210 valence electrons. The molecule has 0 radical (unpaired) electrons. The maximum absolute atomic E-state index is 5.52. The predicted molar refractivity (Wildman–Crippen MR) is 171 cm³/mol. The molecule has 4 heteroatoms. The summed E-state index contributed by atoms with van der Waals surface area (Å²) in [5.74, 6) is 3.59. The van der Waals surface area contributed by atoms with Crippen LogP contribution >= 0.6 is 0 Å². The summed E-state index contributed by atoms with van der Waals surface area (Å²) in [4.78, 5) is 14.6. The monoisotopic (exact) mass is 559 g/mol. The van der Waals surface area contributed by atoms with Crippen LogP contribution in [0.25, 0.3) is 56.1 Å². The molecule has 43 heavy (non-hydrogen) atoms. The Balaban J connectivity index is 1.09. The van der Waals surface area contributed by atoms with Crippen LogP contribution in [0.1, 0.15) is 44.1 Å². The molecule has 10 rings (SSSR count). The summed E-state index contributed by atoms with van der Waals surface area (Å²) in [5, 5.41) is 0. The number of fused-ring (bicyclic) bond motifs is 1. The lowest BCUT2D eigenvalue weighted by molar-refractivity contribution is -0.00518. The van der Waals surface area contributed by atoms with Crippen molar-refractivity contribution in [3.63, 3.8) is 0 Å². The number of aromatic nitrogens is 3. The number of oxazole rings is 1. The maximum atomic E-state index is 5.52. The van der Waals surface area contributed by atoms with Gasteiger partial charge in [0.2, 0.25) is 0 Å². The fraction of sp³-hybridized carbons (Fsp3) is 0.256. The van der Waals surface area contributed by atoms with E-state index in [1.54, 1.807) is 0 Å². The predicted octanol–water partition coefficient (Wildman–Crippen LogP) is 9.75. The Morgan fingerprint density at radius 2 is 1.19 bits per heavy atom. The smallest absolute Gasteiger partial charge is 0.182 e. The van der Waals surface area contributed by atoms with Gasteiger partial charge in [-0.25, -0.2) is 15.0 Å². The second-order valence-corrected chi connectivity index (χ2v) is 13.2. The first-order valence-electron chi connectivity index (χ1n) is 15.7. The lowest BCUT2D eigenvalue weighted by Crippen LogP contribution is -2.48. The molecule has 0 N–H and O–H groups in total. The van der Waals surface area contributed by atoms with E-state index in [4.69, 9.17) is 14.4 Å². The van der Waals surface area contributed by atoms with Crippen molar-refractivity contribution in [2.24, 2.45) is 17.8 Å². The normalized spacial score (nSPS) is 24.0. The number of rotatable bonds is 5. The quantitative estimate of drug-likeness (QED) is 0.211. The standard InChI is InChI=1S/C39H33N3O/c1-2-5-29(6-3-1)34-20-35(30-11-9-28(10-12-30)33-7-4-8-36-37(33)40-24-43-36)42-38(41-34)31-13-15-32(16-14-31)39-21-25-17-26(22-39)19-27(18-25)23-39/h1-16,20,24-27H,17-19,21-23H2. The second kappa shape index (κ2) is 9.74. The highest BCUT2D eigenvalue weighted by Gasteiger charge is 2.51. The molecule has 4 aromatic carbocycles. The van der Waals surface area contributed by atoms with E-state index in [1.165, 1.54) is 50.5 Å². The first-order valence-corrected chi connectivity index (χ1v) is 15.7. The molecule has 2 heterocycles. The van der Waals surface area contributed by atoms with Crippen LogP contribution in [-0.4, -0.2) is 15.0 Å². The highest BCUT2D eigenvalue weighted by molar-refractivity contribution is 5.91. The van der Waals surface area contributed by atoms with Crippen molar-refractivity contribution in [1.82, 2.24) is 15.0 Å². The summed E-state index contributed by atoms with van der Waals surface area (Å²) in [5.41, 5.74) is 10.8. The van der Waals surface area contributed by atoms with Crippen LogP contribution in [-0.2, 0) is 5.41 Å². The zero-order chi connectivity index (χ0) is 28.4.